The fraction of sp³-hybridized carbons (Fsp3) is 0.278. The maximum atomic E-state index is 12.9. The molecule has 6 heteroatoms. The fourth-order valence-corrected chi connectivity index (χ4v) is 3.21. The summed E-state index contributed by atoms with van der Waals surface area (Å²) in [6.45, 7) is 1.72. The molecule has 5 nitrogen and oxygen atoms in total. The van der Waals surface area contributed by atoms with Gasteiger partial charge in [-0.3, -0.25) is 4.79 Å². The Hall–Kier alpha value is -2.05. The van der Waals surface area contributed by atoms with Crippen LogP contribution in [-0.2, 0) is 6.42 Å². The van der Waals surface area contributed by atoms with Crippen molar-refractivity contribution in [3.8, 4) is 11.5 Å². The number of rotatable bonds is 6. The molecule has 24 heavy (non-hydrogen) atoms. The zero-order valence-corrected chi connectivity index (χ0v) is 14.8. The Kier molecular flexibility index (Phi) is 5.37. The first-order valence-corrected chi connectivity index (χ1v) is 8.60. The molecule has 0 atom stereocenters. The van der Waals surface area contributed by atoms with Gasteiger partial charge in [-0.15, -0.1) is 0 Å². The second kappa shape index (κ2) is 7.68. The van der Waals surface area contributed by atoms with E-state index in [9.17, 15) is 4.79 Å². The van der Waals surface area contributed by atoms with Gasteiger partial charge in [0.2, 0.25) is 6.79 Å². The van der Waals surface area contributed by atoms with Gasteiger partial charge in [0, 0.05) is 25.2 Å². The Morgan fingerprint density at radius 1 is 1.17 bits per heavy atom. The number of halogens is 1. The lowest BCUT2D eigenvalue weighted by atomic mass is 10.1. The van der Waals surface area contributed by atoms with E-state index in [4.69, 9.17) is 15.2 Å². The highest BCUT2D eigenvalue weighted by atomic mass is 79.9. The van der Waals surface area contributed by atoms with Crippen molar-refractivity contribution in [2.24, 2.45) is 5.73 Å². The summed E-state index contributed by atoms with van der Waals surface area (Å²) >= 11 is 3.43. The predicted molar refractivity (Wildman–Crippen MR) is 95.4 cm³/mol. The minimum absolute atomic E-state index is 0.0598. The minimum atomic E-state index is -0.0598. The van der Waals surface area contributed by atoms with Crippen LogP contribution in [0, 0.1) is 0 Å². The molecular weight excluding hydrogens is 372 g/mol. The molecule has 0 fully saturated rings. The zero-order valence-electron chi connectivity index (χ0n) is 13.2. The minimum Gasteiger partial charge on any atom is -0.454 e. The quantitative estimate of drug-likeness (QED) is 0.823. The van der Waals surface area contributed by atoms with E-state index in [1.54, 1.807) is 17.0 Å². The lowest BCUT2D eigenvalue weighted by Gasteiger charge is -2.22. The first kappa shape index (κ1) is 16.8. The molecule has 2 aromatic rings. The first-order valence-electron chi connectivity index (χ1n) is 7.81. The molecule has 0 saturated heterocycles. The second-order valence-corrected chi connectivity index (χ2v) is 6.36. The van der Waals surface area contributed by atoms with Crippen molar-refractivity contribution >= 4 is 21.8 Å². The van der Waals surface area contributed by atoms with Crippen LogP contribution >= 0.6 is 15.9 Å². The Balaban J connectivity index is 1.75. The number of carbonyl (C=O) groups is 1. The number of hydrogen-bond donors (Lipinski definition) is 1. The average Bonchev–Trinajstić information content (AvgIpc) is 3.08. The number of carbonyl (C=O) groups excluding carboxylic acids is 1. The SMILES string of the molecule is NCCN(CCc1ccccc1)C(=O)c1cc(Br)c2c(c1)OCO2. The molecule has 0 spiro atoms. The average molecular weight is 391 g/mol. The van der Waals surface area contributed by atoms with Crippen molar-refractivity contribution in [1.29, 1.82) is 0 Å². The van der Waals surface area contributed by atoms with Crippen molar-refractivity contribution in [3.63, 3.8) is 0 Å². The molecule has 3 rings (SSSR count). The number of hydrogen-bond acceptors (Lipinski definition) is 4. The summed E-state index contributed by atoms with van der Waals surface area (Å²) < 4.78 is 11.5. The molecule has 1 aliphatic rings. The topological polar surface area (TPSA) is 64.8 Å². The van der Waals surface area contributed by atoms with Gasteiger partial charge in [-0.25, -0.2) is 0 Å². The number of fused-ring (bicyclic) bond motifs is 1. The van der Waals surface area contributed by atoms with E-state index in [1.807, 2.05) is 18.2 Å². The van der Waals surface area contributed by atoms with Crippen molar-refractivity contribution in [1.82, 2.24) is 4.90 Å². The summed E-state index contributed by atoms with van der Waals surface area (Å²) in [5.41, 5.74) is 7.44. The van der Waals surface area contributed by atoms with Crippen LogP contribution in [0.25, 0.3) is 0 Å². The van der Waals surface area contributed by atoms with Crippen LogP contribution in [-0.4, -0.2) is 37.2 Å². The van der Waals surface area contributed by atoms with Crippen molar-refractivity contribution in [3.05, 3.63) is 58.1 Å². The van der Waals surface area contributed by atoms with Crippen LogP contribution < -0.4 is 15.2 Å². The maximum absolute atomic E-state index is 12.9. The lowest BCUT2D eigenvalue weighted by Crippen LogP contribution is -2.37. The molecule has 0 unspecified atom stereocenters. The van der Waals surface area contributed by atoms with Crippen LogP contribution in [0.5, 0.6) is 11.5 Å². The number of nitrogens with zero attached hydrogens (tertiary/aromatic N) is 1. The highest BCUT2D eigenvalue weighted by molar-refractivity contribution is 9.10. The molecule has 0 bridgehead atoms. The van der Waals surface area contributed by atoms with Gasteiger partial charge in [-0.1, -0.05) is 30.3 Å². The molecule has 2 N–H and O–H groups in total. The van der Waals surface area contributed by atoms with Gasteiger partial charge in [0.15, 0.2) is 11.5 Å². The van der Waals surface area contributed by atoms with Crippen molar-refractivity contribution in [2.75, 3.05) is 26.4 Å². The van der Waals surface area contributed by atoms with E-state index in [0.29, 0.717) is 36.7 Å². The maximum Gasteiger partial charge on any atom is 0.254 e. The standard InChI is InChI=1S/C18H19BrN2O3/c19-15-10-14(11-16-17(15)24-12-23-16)18(22)21(9-7-20)8-6-13-4-2-1-3-5-13/h1-5,10-11H,6-9,12,20H2. The molecule has 126 valence electrons. The van der Waals surface area contributed by atoms with Gasteiger partial charge in [-0.05, 0) is 40.0 Å². The third kappa shape index (κ3) is 3.71. The Labute approximate surface area is 149 Å². The van der Waals surface area contributed by atoms with E-state index >= 15 is 0 Å². The molecule has 0 radical (unpaired) electrons. The van der Waals surface area contributed by atoms with Crippen LogP contribution in [0.1, 0.15) is 15.9 Å². The summed E-state index contributed by atoms with van der Waals surface area (Å²) in [4.78, 5) is 14.6. The van der Waals surface area contributed by atoms with Crippen LogP contribution in [0.4, 0.5) is 0 Å². The molecule has 1 aliphatic heterocycles. The van der Waals surface area contributed by atoms with Crippen molar-refractivity contribution in [2.45, 2.75) is 6.42 Å². The molecule has 2 aromatic carbocycles. The summed E-state index contributed by atoms with van der Waals surface area (Å²) in [7, 11) is 0. The van der Waals surface area contributed by atoms with Crippen LogP contribution in [0.15, 0.2) is 46.9 Å². The molecule has 0 aromatic heterocycles. The summed E-state index contributed by atoms with van der Waals surface area (Å²) in [5.74, 6) is 1.17. The third-order valence-electron chi connectivity index (χ3n) is 3.87. The normalized spacial score (nSPS) is 12.2. The van der Waals surface area contributed by atoms with Crippen LogP contribution in [0.2, 0.25) is 0 Å². The zero-order chi connectivity index (χ0) is 16.9. The summed E-state index contributed by atoms with van der Waals surface area (Å²) in [5, 5.41) is 0. The van der Waals surface area contributed by atoms with E-state index in [1.165, 1.54) is 5.56 Å². The van der Waals surface area contributed by atoms with Gasteiger partial charge in [0.1, 0.15) is 0 Å². The van der Waals surface area contributed by atoms with Gasteiger partial charge < -0.3 is 20.1 Å². The number of nitrogens with two attached hydrogens (primary N) is 1. The van der Waals surface area contributed by atoms with Gasteiger partial charge in [-0.2, -0.15) is 0 Å². The van der Waals surface area contributed by atoms with Gasteiger partial charge >= 0.3 is 0 Å². The van der Waals surface area contributed by atoms with E-state index in [0.717, 1.165) is 10.9 Å². The number of ether oxygens (including phenoxy) is 2. The Morgan fingerprint density at radius 2 is 1.96 bits per heavy atom. The Bertz CT molecular complexity index is 722. The van der Waals surface area contributed by atoms with Crippen LogP contribution in [0.3, 0.4) is 0 Å². The van der Waals surface area contributed by atoms with Gasteiger partial charge in [0.25, 0.3) is 5.91 Å². The monoisotopic (exact) mass is 390 g/mol. The lowest BCUT2D eigenvalue weighted by molar-refractivity contribution is 0.0761. The number of amides is 1. The predicted octanol–water partition coefficient (Wildman–Crippen LogP) is 2.82. The summed E-state index contributed by atoms with van der Waals surface area (Å²) in [6, 6.07) is 13.6. The Morgan fingerprint density at radius 3 is 2.71 bits per heavy atom. The first-order chi connectivity index (χ1) is 11.7. The van der Waals surface area contributed by atoms with E-state index in [2.05, 4.69) is 28.1 Å². The summed E-state index contributed by atoms with van der Waals surface area (Å²) in [6.07, 6.45) is 0.790. The number of benzene rings is 2. The molecule has 1 heterocycles. The molecule has 0 saturated carbocycles. The van der Waals surface area contributed by atoms with Gasteiger partial charge in [0.05, 0.1) is 4.47 Å². The smallest absolute Gasteiger partial charge is 0.254 e. The molecule has 0 aliphatic carbocycles. The largest absolute Gasteiger partial charge is 0.454 e. The second-order valence-electron chi connectivity index (χ2n) is 5.51. The van der Waals surface area contributed by atoms with Crippen molar-refractivity contribution < 1.29 is 14.3 Å². The highest BCUT2D eigenvalue weighted by Crippen LogP contribution is 2.40. The molecule has 1 amide bonds. The third-order valence-corrected chi connectivity index (χ3v) is 4.46. The van der Waals surface area contributed by atoms with E-state index < -0.39 is 0 Å². The van der Waals surface area contributed by atoms with E-state index in [-0.39, 0.29) is 12.7 Å². The molecular formula is C18H19BrN2O3. The highest BCUT2D eigenvalue weighted by Gasteiger charge is 2.22. The fourth-order valence-electron chi connectivity index (χ4n) is 2.65.